The molecule has 0 atom stereocenters. The molecule has 0 radical (unpaired) electrons. The predicted octanol–water partition coefficient (Wildman–Crippen LogP) is 3.79. The molecule has 0 aliphatic carbocycles. The van der Waals surface area contributed by atoms with Crippen molar-refractivity contribution in [2.45, 2.75) is 33.1 Å². The van der Waals surface area contributed by atoms with Crippen molar-refractivity contribution in [3.63, 3.8) is 0 Å². The molecular formula is C15H20ClN3OS. The second-order valence-electron chi connectivity index (χ2n) is 6.40. The Balaban J connectivity index is 2.20. The summed E-state index contributed by atoms with van der Waals surface area (Å²) < 4.78 is 6.57. The minimum atomic E-state index is 0.101. The van der Waals surface area contributed by atoms with E-state index in [4.69, 9.17) is 16.3 Å². The Morgan fingerprint density at radius 3 is 2.48 bits per heavy atom. The van der Waals surface area contributed by atoms with Crippen LogP contribution in [-0.4, -0.2) is 36.3 Å². The lowest BCUT2D eigenvalue weighted by atomic mass is 9.92. The van der Waals surface area contributed by atoms with Gasteiger partial charge in [-0.1, -0.05) is 20.8 Å². The van der Waals surface area contributed by atoms with Gasteiger partial charge < -0.3 is 9.64 Å². The quantitative estimate of drug-likeness (QED) is 0.748. The highest BCUT2D eigenvalue weighted by Crippen LogP contribution is 2.41. The van der Waals surface area contributed by atoms with Crippen LogP contribution in [0.2, 0.25) is 5.28 Å². The first-order chi connectivity index (χ1) is 9.88. The molecule has 0 aromatic carbocycles. The van der Waals surface area contributed by atoms with Crippen LogP contribution >= 0.6 is 22.9 Å². The van der Waals surface area contributed by atoms with Crippen molar-refractivity contribution in [3.8, 4) is 0 Å². The maximum absolute atomic E-state index is 6.16. The van der Waals surface area contributed by atoms with Gasteiger partial charge in [0.2, 0.25) is 5.28 Å². The van der Waals surface area contributed by atoms with Gasteiger partial charge in [-0.2, -0.15) is 4.98 Å². The first-order valence-electron chi connectivity index (χ1n) is 7.18. The fourth-order valence-corrected chi connectivity index (χ4v) is 4.24. The molecule has 114 valence electrons. The van der Waals surface area contributed by atoms with Crippen molar-refractivity contribution < 1.29 is 4.74 Å². The smallest absolute Gasteiger partial charge is 0.224 e. The van der Waals surface area contributed by atoms with Gasteiger partial charge in [-0.3, -0.25) is 0 Å². The van der Waals surface area contributed by atoms with Crippen molar-refractivity contribution >= 4 is 39.0 Å². The third-order valence-electron chi connectivity index (χ3n) is 3.71. The summed E-state index contributed by atoms with van der Waals surface area (Å²) in [7, 11) is 0. The third kappa shape index (κ3) is 2.74. The highest BCUT2D eigenvalue weighted by Gasteiger charge is 2.25. The van der Waals surface area contributed by atoms with Gasteiger partial charge in [0.15, 0.2) is 5.82 Å². The topological polar surface area (TPSA) is 38.2 Å². The number of aryl methyl sites for hydroxylation is 1. The third-order valence-corrected chi connectivity index (χ3v) is 5.58. The number of aromatic nitrogens is 2. The molecule has 0 N–H and O–H groups in total. The molecule has 2 aromatic heterocycles. The number of ether oxygens (including phenoxy) is 1. The fraction of sp³-hybridized carbons (Fsp3) is 0.600. The first-order valence-corrected chi connectivity index (χ1v) is 8.37. The molecule has 3 rings (SSSR count). The minimum absolute atomic E-state index is 0.101. The van der Waals surface area contributed by atoms with Gasteiger partial charge in [0.05, 0.1) is 23.4 Å². The first kappa shape index (κ1) is 15.0. The van der Waals surface area contributed by atoms with Crippen molar-refractivity contribution in [3.05, 3.63) is 15.7 Å². The Kier molecular flexibility index (Phi) is 3.84. The average molecular weight is 326 g/mol. The van der Waals surface area contributed by atoms with Crippen molar-refractivity contribution in [2.24, 2.45) is 0 Å². The number of hydrogen-bond acceptors (Lipinski definition) is 5. The molecule has 1 saturated heterocycles. The zero-order chi connectivity index (χ0) is 15.2. The zero-order valence-corrected chi connectivity index (χ0v) is 14.4. The monoisotopic (exact) mass is 325 g/mol. The van der Waals surface area contributed by atoms with Gasteiger partial charge in [-0.25, -0.2) is 4.98 Å². The van der Waals surface area contributed by atoms with Gasteiger partial charge >= 0.3 is 0 Å². The zero-order valence-electron chi connectivity index (χ0n) is 12.9. The summed E-state index contributed by atoms with van der Waals surface area (Å²) in [5.74, 6) is 0.955. The van der Waals surface area contributed by atoms with Gasteiger partial charge in [-0.05, 0) is 29.5 Å². The van der Waals surface area contributed by atoms with Crippen LogP contribution in [0.1, 0.15) is 31.2 Å². The van der Waals surface area contributed by atoms with Crippen LogP contribution in [0, 0.1) is 6.92 Å². The lowest BCUT2D eigenvalue weighted by molar-refractivity contribution is 0.122. The number of thiophene rings is 1. The number of halogens is 1. The summed E-state index contributed by atoms with van der Waals surface area (Å²) in [5.41, 5.74) is 2.32. The standard InChI is InChI=1S/C15H20ClN3OS/c1-9-10-11(21-12(9)15(2,3)4)13(18-14(16)17-10)19-5-7-20-8-6-19/h5-8H2,1-4H3. The largest absolute Gasteiger partial charge is 0.378 e. The summed E-state index contributed by atoms with van der Waals surface area (Å²) in [6.07, 6.45) is 0. The normalized spacial score (nSPS) is 16.7. The van der Waals surface area contributed by atoms with E-state index < -0.39 is 0 Å². The van der Waals surface area contributed by atoms with Crippen molar-refractivity contribution in [2.75, 3.05) is 31.2 Å². The number of hydrogen-bond donors (Lipinski definition) is 0. The molecular weight excluding hydrogens is 306 g/mol. The van der Waals surface area contributed by atoms with Crippen LogP contribution in [0.4, 0.5) is 5.82 Å². The molecule has 0 bridgehead atoms. The summed E-state index contributed by atoms with van der Waals surface area (Å²) in [5, 5.41) is 0.324. The van der Waals surface area contributed by atoms with Crippen LogP contribution < -0.4 is 4.90 Å². The fourth-order valence-electron chi connectivity index (χ4n) is 2.75. The maximum atomic E-state index is 6.16. The summed E-state index contributed by atoms with van der Waals surface area (Å²) in [6.45, 7) is 12.0. The molecule has 2 aromatic rings. The molecule has 1 aliphatic heterocycles. The molecule has 0 amide bonds. The molecule has 3 heterocycles. The van der Waals surface area contributed by atoms with Gasteiger partial charge in [0.1, 0.15) is 0 Å². The van der Waals surface area contributed by atoms with E-state index in [1.165, 1.54) is 10.4 Å². The summed E-state index contributed by atoms with van der Waals surface area (Å²) in [6, 6.07) is 0. The number of morpholine rings is 1. The number of fused-ring (bicyclic) bond motifs is 1. The second kappa shape index (κ2) is 5.38. The Morgan fingerprint density at radius 1 is 1.19 bits per heavy atom. The molecule has 1 fully saturated rings. The Bertz CT molecular complexity index is 672. The molecule has 1 aliphatic rings. The molecule has 4 nitrogen and oxygen atoms in total. The lowest BCUT2D eigenvalue weighted by Crippen LogP contribution is -2.36. The highest BCUT2D eigenvalue weighted by atomic mass is 35.5. The van der Waals surface area contributed by atoms with Crippen molar-refractivity contribution in [1.29, 1.82) is 0 Å². The molecule has 0 unspecified atom stereocenters. The van der Waals surface area contributed by atoms with E-state index in [-0.39, 0.29) is 5.41 Å². The lowest BCUT2D eigenvalue weighted by Gasteiger charge is -2.28. The van der Waals surface area contributed by atoms with E-state index in [1.807, 2.05) is 0 Å². The van der Waals surface area contributed by atoms with Crippen molar-refractivity contribution in [1.82, 2.24) is 9.97 Å². The van der Waals surface area contributed by atoms with Gasteiger partial charge in [-0.15, -0.1) is 11.3 Å². The maximum Gasteiger partial charge on any atom is 0.224 e. The summed E-state index contributed by atoms with van der Waals surface area (Å²) >= 11 is 7.96. The van der Waals surface area contributed by atoms with Crippen LogP contribution in [0.3, 0.4) is 0 Å². The summed E-state index contributed by atoms with van der Waals surface area (Å²) in [4.78, 5) is 12.6. The van der Waals surface area contributed by atoms with E-state index in [1.54, 1.807) is 11.3 Å². The van der Waals surface area contributed by atoms with Crippen LogP contribution in [0.25, 0.3) is 10.2 Å². The van der Waals surface area contributed by atoms with E-state index in [0.717, 1.165) is 42.3 Å². The molecule has 0 spiro atoms. The van der Waals surface area contributed by atoms with Crippen LogP contribution in [0.5, 0.6) is 0 Å². The van der Waals surface area contributed by atoms with Gasteiger partial charge in [0, 0.05) is 18.0 Å². The van der Waals surface area contributed by atoms with Crippen LogP contribution in [-0.2, 0) is 10.2 Å². The Hall–Kier alpha value is -0.910. The average Bonchev–Trinajstić information content (AvgIpc) is 2.76. The van der Waals surface area contributed by atoms with E-state index in [9.17, 15) is 0 Å². The Labute approximate surface area is 134 Å². The van der Waals surface area contributed by atoms with E-state index in [2.05, 4.69) is 42.6 Å². The minimum Gasteiger partial charge on any atom is -0.378 e. The predicted molar refractivity (Wildman–Crippen MR) is 88.9 cm³/mol. The highest BCUT2D eigenvalue weighted by molar-refractivity contribution is 7.20. The number of anilines is 1. The van der Waals surface area contributed by atoms with E-state index in [0.29, 0.717) is 5.28 Å². The second-order valence-corrected chi connectivity index (χ2v) is 7.76. The SMILES string of the molecule is Cc1c(C(C)(C)C)sc2c(N3CCOCC3)nc(Cl)nc12. The number of rotatable bonds is 1. The number of nitrogens with zero attached hydrogens (tertiary/aromatic N) is 3. The van der Waals surface area contributed by atoms with E-state index >= 15 is 0 Å². The molecule has 6 heteroatoms. The van der Waals surface area contributed by atoms with Crippen LogP contribution in [0.15, 0.2) is 0 Å². The van der Waals surface area contributed by atoms with Gasteiger partial charge in [0.25, 0.3) is 0 Å². The Morgan fingerprint density at radius 2 is 1.86 bits per heavy atom. The molecule has 0 saturated carbocycles. The molecule has 21 heavy (non-hydrogen) atoms.